The molecule has 0 amide bonds. The van der Waals surface area contributed by atoms with Gasteiger partial charge in [-0.25, -0.2) is 14.8 Å². The molecule has 2 aromatic heterocycles. The minimum Gasteiger partial charge on any atom is -0.477 e. The number of thiophene rings is 1. The summed E-state index contributed by atoms with van der Waals surface area (Å²) in [5, 5.41) is 18.7. The number of aromatic nitrogens is 2. The topological polar surface area (TPSA) is 86.5 Å². The molecule has 7 heteroatoms. The number of aliphatic hydroxyl groups excluding tert-OH is 1. The van der Waals surface area contributed by atoms with Crippen LogP contribution in [0, 0.1) is 0 Å². The van der Waals surface area contributed by atoms with Crippen molar-refractivity contribution in [3.63, 3.8) is 0 Å². The standard InChI is InChI=1S/C14H15N3O3S/c18-9-2-1-7-17(8-9)12-5-6-15-13(16-12)10-3-4-11(21-10)14(19)20/h3-6,9,18H,1-2,7-8H2,(H,19,20)/t9-/m0/s1. The van der Waals surface area contributed by atoms with Gasteiger partial charge in [0.25, 0.3) is 0 Å². The van der Waals surface area contributed by atoms with E-state index in [1.807, 2.05) is 11.0 Å². The van der Waals surface area contributed by atoms with Gasteiger partial charge in [-0.15, -0.1) is 11.3 Å². The number of rotatable bonds is 3. The van der Waals surface area contributed by atoms with Gasteiger partial charge in [0, 0.05) is 19.3 Å². The van der Waals surface area contributed by atoms with Gasteiger partial charge in [0.1, 0.15) is 10.7 Å². The van der Waals surface area contributed by atoms with Crippen LogP contribution in [-0.4, -0.2) is 45.3 Å². The summed E-state index contributed by atoms with van der Waals surface area (Å²) < 4.78 is 0. The molecule has 3 rings (SSSR count). The number of hydrogen-bond acceptors (Lipinski definition) is 6. The first-order chi connectivity index (χ1) is 10.1. The lowest BCUT2D eigenvalue weighted by Gasteiger charge is -2.30. The van der Waals surface area contributed by atoms with Crippen LogP contribution in [0.5, 0.6) is 0 Å². The second-order valence-electron chi connectivity index (χ2n) is 4.95. The summed E-state index contributed by atoms with van der Waals surface area (Å²) in [6.45, 7) is 1.43. The Kier molecular flexibility index (Phi) is 3.85. The highest BCUT2D eigenvalue weighted by atomic mass is 32.1. The molecule has 0 radical (unpaired) electrons. The number of carboxylic acid groups (broad SMARTS) is 1. The number of piperidine rings is 1. The highest BCUT2D eigenvalue weighted by Gasteiger charge is 2.19. The number of anilines is 1. The molecular formula is C14H15N3O3S. The highest BCUT2D eigenvalue weighted by Crippen LogP contribution is 2.27. The molecule has 0 unspecified atom stereocenters. The quantitative estimate of drug-likeness (QED) is 0.900. The number of aromatic carboxylic acids is 1. The van der Waals surface area contributed by atoms with Gasteiger partial charge < -0.3 is 15.1 Å². The van der Waals surface area contributed by atoms with E-state index in [-0.39, 0.29) is 11.0 Å². The molecule has 3 heterocycles. The van der Waals surface area contributed by atoms with Gasteiger partial charge >= 0.3 is 5.97 Å². The van der Waals surface area contributed by atoms with E-state index in [0.29, 0.717) is 12.4 Å². The average Bonchev–Trinajstić information content (AvgIpc) is 2.97. The first-order valence-electron chi connectivity index (χ1n) is 6.73. The summed E-state index contributed by atoms with van der Waals surface area (Å²) in [6, 6.07) is 5.09. The molecule has 1 fully saturated rings. The molecule has 1 saturated heterocycles. The Morgan fingerprint density at radius 1 is 1.38 bits per heavy atom. The number of nitrogens with zero attached hydrogens (tertiary/aromatic N) is 3. The Bertz CT molecular complexity index is 658. The Labute approximate surface area is 125 Å². The molecule has 21 heavy (non-hydrogen) atoms. The van der Waals surface area contributed by atoms with E-state index >= 15 is 0 Å². The summed E-state index contributed by atoms with van der Waals surface area (Å²) in [4.78, 5) is 22.7. The van der Waals surface area contributed by atoms with Crippen molar-refractivity contribution in [1.29, 1.82) is 0 Å². The first-order valence-corrected chi connectivity index (χ1v) is 7.54. The van der Waals surface area contributed by atoms with Crippen molar-refractivity contribution in [3.05, 3.63) is 29.3 Å². The van der Waals surface area contributed by atoms with Crippen molar-refractivity contribution in [3.8, 4) is 10.7 Å². The molecule has 1 atom stereocenters. The third-order valence-electron chi connectivity index (χ3n) is 3.40. The predicted octanol–water partition coefficient (Wildman–Crippen LogP) is 1.86. The molecule has 2 aromatic rings. The van der Waals surface area contributed by atoms with Crippen LogP contribution in [0.25, 0.3) is 10.7 Å². The zero-order valence-corrected chi connectivity index (χ0v) is 12.1. The zero-order chi connectivity index (χ0) is 14.8. The van der Waals surface area contributed by atoms with Crippen molar-refractivity contribution in [2.45, 2.75) is 18.9 Å². The van der Waals surface area contributed by atoms with Crippen LogP contribution in [0.3, 0.4) is 0 Å². The van der Waals surface area contributed by atoms with E-state index in [0.717, 1.165) is 41.4 Å². The zero-order valence-electron chi connectivity index (χ0n) is 11.3. The number of hydrogen-bond donors (Lipinski definition) is 2. The molecule has 1 aliphatic rings. The maximum Gasteiger partial charge on any atom is 0.345 e. The van der Waals surface area contributed by atoms with Crippen LogP contribution < -0.4 is 4.90 Å². The summed E-state index contributed by atoms with van der Waals surface area (Å²) >= 11 is 1.16. The van der Waals surface area contributed by atoms with Crippen molar-refractivity contribution in [2.24, 2.45) is 0 Å². The minimum atomic E-state index is -0.943. The average molecular weight is 305 g/mol. The molecule has 0 aromatic carbocycles. The first kappa shape index (κ1) is 14.0. The maximum absolute atomic E-state index is 10.9. The maximum atomic E-state index is 10.9. The monoisotopic (exact) mass is 305 g/mol. The Morgan fingerprint density at radius 2 is 2.24 bits per heavy atom. The number of carbonyl (C=O) groups is 1. The van der Waals surface area contributed by atoms with Crippen LogP contribution >= 0.6 is 11.3 Å². The Hall–Kier alpha value is -1.99. The van der Waals surface area contributed by atoms with E-state index in [1.165, 1.54) is 0 Å². The van der Waals surface area contributed by atoms with Gasteiger partial charge in [-0.3, -0.25) is 0 Å². The molecule has 110 valence electrons. The van der Waals surface area contributed by atoms with Crippen LogP contribution in [-0.2, 0) is 0 Å². The molecule has 0 saturated carbocycles. The predicted molar refractivity (Wildman–Crippen MR) is 79.8 cm³/mol. The fraction of sp³-hybridized carbons (Fsp3) is 0.357. The largest absolute Gasteiger partial charge is 0.477 e. The van der Waals surface area contributed by atoms with Gasteiger partial charge in [0.2, 0.25) is 0 Å². The van der Waals surface area contributed by atoms with Crippen molar-refractivity contribution < 1.29 is 15.0 Å². The normalized spacial score (nSPS) is 18.7. The molecule has 1 aliphatic heterocycles. The highest BCUT2D eigenvalue weighted by molar-refractivity contribution is 7.17. The molecule has 0 spiro atoms. The van der Waals surface area contributed by atoms with E-state index in [9.17, 15) is 9.90 Å². The van der Waals surface area contributed by atoms with Gasteiger partial charge in [0.15, 0.2) is 5.82 Å². The third kappa shape index (κ3) is 3.03. The fourth-order valence-electron chi connectivity index (χ4n) is 2.38. The van der Waals surface area contributed by atoms with E-state index < -0.39 is 5.97 Å². The number of aliphatic hydroxyl groups is 1. The van der Waals surface area contributed by atoms with Crippen molar-refractivity contribution in [2.75, 3.05) is 18.0 Å². The van der Waals surface area contributed by atoms with E-state index in [1.54, 1.807) is 18.3 Å². The molecule has 0 bridgehead atoms. The molecular weight excluding hydrogens is 290 g/mol. The SMILES string of the molecule is O=C(O)c1ccc(-c2nccc(N3CCC[C@H](O)C3)n2)s1. The summed E-state index contributed by atoms with van der Waals surface area (Å²) in [5.74, 6) is 0.343. The number of β-amino-alcohol motifs (C(OH)–C–C–N with tert-alkyl or cyclic N) is 1. The molecule has 2 N–H and O–H groups in total. The van der Waals surface area contributed by atoms with Gasteiger partial charge in [0.05, 0.1) is 11.0 Å². The van der Waals surface area contributed by atoms with Gasteiger partial charge in [-0.05, 0) is 31.0 Å². The van der Waals surface area contributed by atoms with Gasteiger partial charge in [-0.2, -0.15) is 0 Å². The second-order valence-corrected chi connectivity index (χ2v) is 6.03. The second kappa shape index (κ2) is 5.79. The lowest BCUT2D eigenvalue weighted by atomic mass is 10.1. The summed E-state index contributed by atoms with van der Waals surface area (Å²) in [7, 11) is 0. The van der Waals surface area contributed by atoms with E-state index in [4.69, 9.17) is 5.11 Å². The van der Waals surface area contributed by atoms with Crippen LogP contribution in [0.2, 0.25) is 0 Å². The van der Waals surface area contributed by atoms with Crippen LogP contribution in [0.4, 0.5) is 5.82 Å². The van der Waals surface area contributed by atoms with Crippen molar-refractivity contribution in [1.82, 2.24) is 9.97 Å². The van der Waals surface area contributed by atoms with Crippen LogP contribution in [0.15, 0.2) is 24.4 Å². The smallest absolute Gasteiger partial charge is 0.345 e. The molecule has 0 aliphatic carbocycles. The minimum absolute atomic E-state index is 0.271. The Morgan fingerprint density at radius 3 is 2.95 bits per heavy atom. The lowest BCUT2D eigenvalue weighted by Crippen LogP contribution is -2.38. The Balaban J connectivity index is 1.86. The third-order valence-corrected chi connectivity index (χ3v) is 4.47. The van der Waals surface area contributed by atoms with E-state index in [2.05, 4.69) is 9.97 Å². The fourth-order valence-corrected chi connectivity index (χ4v) is 3.17. The number of carboxylic acids is 1. The summed E-state index contributed by atoms with van der Waals surface area (Å²) in [5.41, 5.74) is 0. The summed E-state index contributed by atoms with van der Waals surface area (Å²) in [6.07, 6.45) is 3.10. The van der Waals surface area contributed by atoms with Crippen LogP contribution in [0.1, 0.15) is 22.5 Å². The molecule has 6 nitrogen and oxygen atoms in total. The lowest BCUT2D eigenvalue weighted by molar-refractivity contribution is 0.0702. The van der Waals surface area contributed by atoms with Crippen molar-refractivity contribution >= 4 is 23.1 Å². The van der Waals surface area contributed by atoms with Gasteiger partial charge in [-0.1, -0.05) is 0 Å².